The van der Waals surface area contributed by atoms with E-state index in [-0.39, 0.29) is 30.4 Å². The minimum absolute atomic E-state index is 0.152. The van der Waals surface area contributed by atoms with Gasteiger partial charge in [-0.05, 0) is 35.2 Å². The summed E-state index contributed by atoms with van der Waals surface area (Å²) < 4.78 is 18.1. The van der Waals surface area contributed by atoms with Crippen molar-refractivity contribution in [3.63, 3.8) is 0 Å². The molecule has 6 nitrogen and oxygen atoms in total. The lowest BCUT2D eigenvalue weighted by Gasteiger charge is -2.19. The van der Waals surface area contributed by atoms with E-state index in [4.69, 9.17) is 19.7 Å². The van der Waals surface area contributed by atoms with Crippen molar-refractivity contribution < 1.29 is 18.8 Å². The summed E-state index contributed by atoms with van der Waals surface area (Å²) in [7, 11) is 0. The molecule has 35 heavy (non-hydrogen) atoms. The second-order valence-electron chi connectivity index (χ2n) is 8.63. The summed E-state index contributed by atoms with van der Waals surface area (Å²) in [5.74, 6) is 1.83. The van der Waals surface area contributed by atoms with Crippen LogP contribution in [0.2, 0.25) is 0 Å². The molecule has 0 unspecified atom stereocenters. The van der Waals surface area contributed by atoms with Crippen molar-refractivity contribution in [3.8, 4) is 22.8 Å². The molecule has 180 valence electrons. The third-order valence-corrected chi connectivity index (χ3v) is 5.64. The first-order valence-corrected chi connectivity index (χ1v) is 11.8. The van der Waals surface area contributed by atoms with Gasteiger partial charge in [-0.3, -0.25) is 4.79 Å². The fourth-order valence-corrected chi connectivity index (χ4v) is 3.73. The largest absolute Gasteiger partial charge is 0.488 e. The van der Waals surface area contributed by atoms with E-state index >= 15 is 0 Å². The fourth-order valence-electron chi connectivity index (χ4n) is 3.73. The summed E-state index contributed by atoms with van der Waals surface area (Å²) in [5, 5.41) is 3.98. The van der Waals surface area contributed by atoms with Crippen LogP contribution in [-0.2, 0) is 13.2 Å². The minimum Gasteiger partial charge on any atom is -0.488 e. The molecule has 1 heterocycles. The van der Waals surface area contributed by atoms with Gasteiger partial charge in [0.25, 0.3) is 0 Å². The maximum absolute atomic E-state index is 12.3. The molecule has 0 aliphatic heterocycles. The van der Waals surface area contributed by atoms with Crippen LogP contribution in [0.4, 0.5) is 0 Å². The highest BCUT2D eigenvalue weighted by Gasteiger charge is 2.21. The van der Waals surface area contributed by atoms with Crippen molar-refractivity contribution in [2.24, 2.45) is 5.73 Å². The van der Waals surface area contributed by atoms with Crippen LogP contribution in [0.1, 0.15) is 53.4 Å². The van der Waals surface area contributed by atoms with E-state index in [9.17, 15) is 4.79 Å². The molecular formula is C29H30N2O4. The number of hydrogen-bond donors (Lipinski definition) is 1. The van der Waals surface area contributed by atoms with Gasteiger partial charge in [0.1, 0.15) is 30.4 Å². The van der Waals surface area contributed by atoms with E-state index in [1.165, 1.54) is 0 Å². The number of aromatic nitrogens is 1. The van der Waals surface area contributed by atoms with E-state index in [2.05, 4.69) is 19.0 Å². The van der Waals surface area contributed by atoms with E-state index in [0.717, 1.165) is 28.0 Å². The van der Waals surface area contributed by atoms with Crippen LogP contribution in [0.3, 0.4) is 0 Å². The van der Waals surface area contributed by atoms with Gasteiger partial charge >= 0.3 is 0 Å². The average molecular weight is 471 g/mol. The fraction of sp³-hybridized carbons (Fsp3) is 0.241. The Hall–Kier alpha value is -3.90. The third kappa shape index (κ3) is 6.16. The summed E-state index contributed by atoms with van der Waals surface area (Å²) >= 11 is 0. The SMILES string of the molecule is CC(C)c1cc(-c2cc(C(=O)CCN)no2)c(OCc2ccccc2)cc1OCc1ccccc1. The van der Waals surface area contributed by atoms with Crippen molar-refractivity contribution >= 4 is 5.78 Å². The third-order valence-electron chi connectivity index (χ3n) is 5.64. The van der Waals surface area contributed by atoms with Crippen LogP contribution < -0.4 is 15.2 Å². The molecule has 0 aliphatic rings. The Kier molecular flexibility index (Phi) is 7.95. The van der Waals surface area contributed by atoms with Crippen LogP contribution >= 0.6 is 0 Å². The highest BCUT2D eigenvalue weighted by molar-refractivity contribution is 5.95. The van der Waals surface area contributed by atoms with Gasteiger partial charge in [0.05, 0.1) is 5.56 Å². The molecule has 3 aromatic carbocycles. The molecule has 0 radical (unpaired) electrons. The Labute approximate surface area is 205 Å². The summed E-state index contributed by atoms with van der Waals surface area (Å²) in [5.41, 5.74) is 9.63. The number of nitrogens with two attached hydrogens (primary N) is 1. The minimum atomic E-state index is -0.152. The van der Waals surface area contributed by atoms with E-state index in [0.29, 0.717) is 24.7 Å². The van der Waals surface area contributed by atoms with Crippen molar-refractivity contribution in [3.05, 3.63) is 101 Å². The molecule has 4 aromatic rings. The Morgan fingerprint density at radius 3 is 2.06 bits per heavy atom. The predicted octanol–water partition coefficient (Wildman–Crippen LogP) is 6.15. The van der Waals surface area contributed by atoms with Crippen LogP contribution in [0.15, 0.2) is 83.4 Å². The zero-order valence-corrected chi connectivity index (χ0v) is 20.1. The van der Waals surface area contributed by atoms with E-state index in [1.807, 2.05) is 72.8 Å². The Bertz CT molecular complexity index is 1250. The Morgan fingerprint density at radius 2 is 1.49 bits per heavy atom. The summed E-state index contributed by atoms with van der Waals surface area (Å²) in [4.78, 5) is 12.3. The Morgan fingerprint density at radius 1 is 0.886 bits per heavy atom. The lowest BCUT2D eigenvalue weighted by atomic mass is 9.97. The monoisotopic (exact) mass is 470 g/mol. The van der Waals surface area contributed by atoms with Gasteiger partial charge in [0, 0.05) is 18.6 Å². The number of ether oxygens (including phenoxy) is 2. The molecule has 0 bridgehead atoms. The summed E-state index contributed by atoms with van der Waals surface area (Å²) in [6.07, 6.45) is 0.215. The lowest BCUT2D eigenvalue weighted by molar-refractivity contribution is 0.0977. The molecule has 0 aliphatic carbocycles. The molecule has 4 rings (SSSR count). The summed E-state index contributed by atoms with van der Waals surface area (Å²) in [6, 6.07) is 25.5. The van der Waals surface area contributed by atoms with Gasteiger partial charge in [-0.2, -0.15) is 0 Å². The second-order valence-corrected chi connectivity index (χ2v) is 8.63. The number of Topliss-reactive ketones (excluding diaryl/α,β-unsaturated/α-hetero) is 1. The van der Waals surface area contributed by atoms with Gasteiger partial charge in [-0.1, -0.05) is 79.7 Å². The molecule has 2 N–H and O–H groups in total. The summed E-state index contributed by atoms with van der Waals surface area (Å²) in [6.45, 7) is 5.29. The van der Waals surface area contributed by atoms with Crippen molar-refractivity contribution in [1.82, 2.24) is 5.16 Å². The normalized spacial score (nSPS) is 11.0. The number of benzene rings is 3. The molecule has 0 saturated heterocycles. The van der Waals surface area contributed by atoms with Gasteiger partial charge in [0.15, 0.2) is 11.5 Å². The number of rotatable bonds is 11. The molecule has 0 amide bonds. The topological polar surface area (TPSA) is 87.6 Å². The first-order chi connectivity index (χ1) is 17.0. The maximum Gasteiger partial charge on any atom is 0.185 e. The van der Waals surface area contributed by atoms with Crippen molar-refractivity contribution in [2.75, 3.05) is 6.54 Å². The van der Waals surface area contributed by atoms with Gasteiger partial charge in [-0.25, -0.2) is 0 Å². The van der Waals surface area contributed by atoms with Crippen molar-refractivity contribution in [2.45, 2.75) is 39.4 Å². The molecule has 1 aromatic heterocycles. The standard InChI is InChI=1S/C29H30N2O4/c1-20(2)23-15-24(29-16-25(31-35-29)26(32)13-14-30)28(34-19-22-11-7-4-8-12-22)17-27(23)33-18-21-9-5-3-6-10-21/h3-12,15-17,20H,13-14,18-19,30H2,1-2H3. The number of nitrogens with zero attached hydrogens (tertiary/aromatic N) is 1. The smallest absolute Gasteiger partial charge is 0.185 e. The average Bonchev–Trinajstić information content (AvgIpc) is 3.37. The van der Waals surface area contributed by atoms with Gasteiger partial charge in [-0.15, -0.1) is 0 Å². The second kappa shape index (κ2) is 11.5. The molecule has 0 fully saturated rings. The van der Waals surface area contributed by atoms with Crippen LogP contribution in [0, 0.1) is 0 Å². The van der Waals surface area contributed by atoms with Gasteiger partial charge < -0.3 is 19.7 Å². The quantitative estimate of drug-likeness (QED) is 0.264. The zero-order chi connectivity index (χ0) is 24.6. The highest BCUT2D eigenvalue weighted by atomic mass is 16.5. The van der Waals surface area contributed by atoms with Gasteiger partial charge in [0.2, 0.25) is 0 Å². The first kappa shape index (κ1) is 24.2. The molecule has 0 atom stereocenters. The van der Waals surface area contributed by atoms with Crippen LogP contribution in [0.25, 0.3) is 11.3 Å². The molecule has 0 saturated carbocycles. The molecule has 6 heteroatoms. The zero-order valence-electron chi connectivity index (χ0n) is 20.1. The van der Waals surface area contributed by atoms with Crippen LogP contribution in [-0.4, -0.2) is 17.5 Å². The molecule has 0 spiro atoms. The van der Waals surface area contributed by atoms with Crippen LogP contribution in [0.5, 0.6) is 11.5 Å². The highest BCUT2D eigenvalue weighted by Crippen LogP contribution is 2.40. The Balaban J connectivity index is 1.71. The number of carbonyl (C=O) groups excluding carboxylic acids is 1. The maximum atomic E-state index is 12.3. The van der Waals surface area contributed by atoms with E-state index < -0.39 is 0 Å². The lowest BCUT2D eigenvalue weighted by Crippen LogP contribution is -2.08. The number of hydrogen-bond acceptors (Lipinski definition) is 6. The predicted molar refractivity (Wildman–Crippen MR) is 136 cm³/mol. The first-order valence-electron chi connectivity index (χ1n) is 11.8. The van der Waals surface area contributed by atoms with E-state index in [1.54, 1.807) is 6.07 Å². The van der Waals surface area contributed by atoms with Crippen molar-refractivity contribution in [1.29, 1.82) is 0 Å². The number of carbonyl (C=O) groups is 1. The molecular weight excluding hydrogens is 440 g/mol. The number of ketones is 1.